The quantitative estimate of drug-likeness (QED) is 0.777. The molecule has 120 valence electrons. The number of hydrogen-bond acceptors (Lipinski definition) is 2. The first-order chi connectivity index (χ1) is 10.7. The summed E-state index contributed by atoms with van der Waals surface area (Å²) in [6.45, 7) is 10.4. The Morgan fingerprint density at radius 3 is 2.82 bits per heavy atom. The molecule has 2 heteroatoms. The zero-order chi connectivity index (χ0) is 15.4. The van der Waals surface area contributed by atoms with Crippen molar-refractivity contribution in [1.29, 1.82) is 0 Å². The highest BCUT2D eigenvalue weighted by atomic mass is 15.2. The maximum absolute atomic E-state index is 2.75. The molecule has 2 nitrogen and oxygen atoms in total. The van der Waals surface area contributed by atoms with Crippen molar-refractivity contribution in [2.75, 3.05) is 32.7 Å². The molecule has 1 atom stereocenters. The van der Waals surface area contributed by atoms with Crippen LogP contribution in [0.1, 0.15) is 50.3 Å². The second-order valence-corrected chi connectivity index (χ2v) is 7.08. The van der Waals surface area contributed by atoms with Crippen LogP contribution in [0.4, 0.5) is 0 Å². The topological polar surface area (TPSA) is 6.48 Å². The van der Waals surface area contributed by atoms with Crippen molar-refractivity contribution in [3.63, 3.8) is 0 Å². The minimum Gasteiger partial charge on any atom is -0.298 e. The minimum atomic E-state index is 0.661. The highest BCUT2D eigenvalue weighted by Gasteiger charge is 2.26. The van der Waals surface area contributed by atoms with Gasteiger partial charge in [0.05, 0.1) is 0 Å². The Morgan fingerprint density at radius 1 is 1.09 bits per heavy atom. The van der Waals surface area contributed by atoms with Crippen molar-refractivity contribution < 1.29 is 0 Å². The monoisotopic (exact) mass is 298 g/mol. The van der Waals surface area contributed by atoms with Crippen LogP contribution in [0.3, 0.4) is 0 Å². The fourth-order valence-corrected chi connectivity index (χ4v) is 3.90. The Morgan fingerprint density at radius 2 is 1.95 bits per heavy atom. The first kappa shape index (κ1) is 15.8. The molecule has 1 aromatic carbocycles. The lowest BCUT2D eigenvalue weighted by Crippen LogP contribution is -2.35. The lowest BCUT2D eigenvalue weighted by molar-refractivity contribution is 0.183. The number of fused-ring (bicyclic) bond motifs is 1. The van der Waals surface area contributed by atoms with E-state index in [2.05, 4.69) is 54.0 Å². The number of hydrogen-bond donors (Lipinski definition) is 0. The largest absolute Gasteiger partial charge is 0.298 e. The number of rotatable bonds is 3. The molecule has 22 heavy (non-hydrogen) atoms. The zero-order valence-electron chi connectivity index (χ0n) is 14.2. The summed E-state index contributed by atoms with van der Waals surface area (Å²) >= 11 is 0. The van der Waals surface area contributed by atoms with Gasteiger partial charge in [0.1, 0.15) is 0 Å². The van der Waals surface area contributed by atoms with Gasteiger partial charge in [-0.05, 0) is 57.2 Å². The SMILES string of the molecule is CC(C)=CCN1CCCN([C@@H]2CCCc3ccccc32)CC1. The molecule has 1 fully saturated rings. The van der Waals surface area contributed by atoms with Gasteiger partial charge in [-0.2, -0.15) is 0 Å². The van der Waals surface area contributed by atoms with E-state index in [1.165, 1.54) is 57.4 Å². The third kappa shape index (κ3) is 3.80. The van der Waals surface area contributed by atoms with Crippen LogP contribution in [0.15, 0.2) is 35.9 Å². The van der Waals surface area contributed by atoms with E-state index in [9.17, 15) is 0 Å². The lowest BCUT2D eigenvalue weighted by Gasteiger charge is -2.35. The van der Waals surface area contributed by atoms with E-state index >= 15 is 0 Å². The Hall–Kier alpha value is -1.12. The molecule has 0 saturated carbocycles. The summed E-state index contributed by atoms with van der Waals surface area (Å²) in [5.41, 5.74) is 4.62. The molecule has 2 aliphatic rings. The molecule has 0 unspecified atom stereocenters. The van der Waals surface area contributed by atoms with Crippen molar-refractivity contribution in [2.45, 2.75) is 45.6 Å². The number of aryl methyl sites for hydroxylation is 1. The Balaban J connectivity index is 1.66. The molecule has 0 spiro atoms. The second-order valence-electron chi connectivity index (χ2n) is 7.08. The Kier molecular flexibility index (Phi) is 5.32. The van der Waals surface area contributed by atoms with Crippen LogP contribution in [-0.4, -0.2) is 42.5 Å². The fourth-order valence-electron chi connectivity index (χ4n) is 3.90. The summed E-state index contributed by atoms with van der Waals surface area (Å²) < 4.78 is 0. The molecule has 1 aromatic rings. The lowest BCUT2D eigenvalue weighted by atomic mass is 9.87. The molecule has 3 rings (SSSR count). The molecule has 1 aliphatic heterocycles. The van der Waals surface area contributed by atoms with Gasteiger partial charge in [0.2, 0.25) is 0 Å². The third-order valence-electron chi connectivity index (χ3n) is 5.16. The van der Waals surface area contributed by atoms with Crippen LogP contribution in [0, 0.1) is 0 Å². The average molecular weight is 298 g/mol. The van der Waals surface area contributed by atoms with Crippen molar-refractivity contribution in [2.24, 2.45) is 0 Å². The predicted molar refractivity (Wildman–Crippen MR) is 94.2 cm³/mol. The van der Waals surface area contributed by atoms with Gasteiger partial charge in [-0.1, -0.05) is 35.9 Å². The zero-order valence-corrected chi connectivity index (χ0v) is 14.2. The maximum Gasteiger partial charge on any atom is 0.0351 e. The van der Waals surface area contributed by atoms with Gasteiger partial charge >= 0.3 is 0 Å². The first-order valence-electron chi connectivity index (χ1n) is 8.91. The molecule has 0 aromatic heterocycles. The number of nitrogens with zero attached hydrogens (tertiary/aromatic N) is 2. The molecule has 0 amide bonds. The highest BCUT2D eigenvalue weighted by molar-refractivity contribution is 5.32. The molecule has 0 N–H and O–H groups in total. The second kappa shape index (κ2) is 7.43. The standard InChI is InChI=1S/C20H30N2/c1-17(2)11-14-21-12-6-13-22(16-15-21)20-10-5-8-18-7-3-4-9-19(18)20/h3-4,7,9,11,20H,5-6,8,10,12-16H2,1-2H3/t20-/m1/s1. The highest BCUT2D eigenvalue weighted by Crippen LogP contribution is 2.34. The Labute approximate surface area is 135 Å². The van der Waals surface area contributed by atoms with Crippen molar-refractivity contribution in [1.82, 2.24) is 9.80 Å². The van der Waals surface area contributed by atoms with Gasteiger partial charge in [-0.3, -0.25) is 9.80 Å². The van der Waals surface area contributed by atoms with Gasteiger partial charge in [-0.25, -0.2) is 0 Å². The first-order valence-corrected chi connectivity index (χ1v) is 8.91. The third-order valence-corrected chi connectivity index (χ3v) is 5.16. The summed E-state index contributed by atoms with van der Waals surface area (Å²) in [7, 11) is 0. The van der Waals surface area contributed by atoms with Crippen LogP contribution < -0.4 is 0 Å². The van der Waals surface area contributed by atoms with Crippen LogP contribution in [0.25, 0.3) is 0 Å². The van der Waals surface area contributed by atoms with Gasteiger partial charge in [-0.15, -0.1) is 0 Å². The molecule has 1 heterocycles. The summed E-state index contributed by atoms with van der Waals surface area (Å²) in [4.78, 5) is 5.36. The molecule has 0 bridgehead atoms. The van der Waals surface area contributed by atoms with Crippen molar-refractivity contribution >= 4 is 0 Å². The molecule has 1 saturated heterocycles. The summed E-state index contributed by atoms with van der Waals surface area (Å²) in [6, 6.07) is 9.78. The van der Waals surface area contributed by atoms with E-state index in [1.807, 2.05) is 0 Å². The molecular weight excluding hydrogens is 268 g/mol. The van der Waals surface area contributed by atoms with Gasteiger partial charge in [0.15, 0.2) is 0 Å². The van der Waals surface area contributed by atoms with Crippen LogP contribution >= 0.6 is 0 Å². The molecule has 1 aliphatic carbocycles. The smallest absolute Gasteiger partial charge is 0.0351 e. The van der Waals surface area contributed by atoms with E-state index in [0.717, 1.165) is 6.54 Å². The summed E-state index contributed by atoms with van der Waals surface area (Å²) in [5.74, 6) is 0. The van der Waals surface area contributed by atoms with Crippen molar-refractivity contribution in [3.8, 4) is 0 Å². The number of allylic oxidation sites excluding steroid dienone is 1. The van der Waals surface area contributed by atoms with Gasteiger partial charge in [0, 0.05) is 32.2 Å². The van der Waals surface area contributed by atoms with E-state index in [4.69, 9.17) is 0 Å². The van der Waals surface area contributed by atoms with E-state index in [-0.39, 0.29) is 0 Å². The predicted octanol–water partition coefficient (Wildman–Crippen LogP) is 4.04. The minimum absolute atomic E-state index is 0.661. The summed E-state index contributed by atoms with van der Waals surface area (Å²) in [6.07, 6.45) is 7.62. The van der Waals surface area contributed by atoms with Gasteiger partial charge in [0.25, 0.3) is 0 Å². The maximum atomic E-state index is 2.75. The van der Waals surface area contributed by atoms with Crippen LogP contribution in [-0.2, 0) is 6.42 Å². The summed E-state index contributed by atoms with van der Waals surface area (Å²) in [5, 5.41) is 0. The van der Waals surface area contributed by atoms with Crippen LogP contribution in [0.2, 0.25) is 0 Å². The van der Waals surface area contributed by atoms with E-state index < -0.39 is 0 Å². The van der Waals surface area contributed by atoms with Crippen molar-refractivity contribution in [3.05, 3.63) is 47.0 Å². The van der Waals surface area contributed by atoms with E-state index in [0.29, 0.717) is 6.04 Å². The Bertz CT molecular complexity index is 516. The average Bonchev–Trinajstić information content (AvgIpc) is 2.78. The fraction of sp³-hybridized carbons (Fsp3) is 0.600. The molecule has 0 radical (unpaired) electrons. The normalized spacial score (nSPS) is 23.6. The number of benzene rings is 1. The molecular formula is C20H30N2. The van der Waals surface area contributed by atoms with E-state index in [1.54, 1.807) is 11.1 Å². The van der Waals surface area contributed by atoms with Crippen LogP contribution in [0.5, 0.6) is 0 Å². The van der Waals surface area contributed by atoms with Gasteiger partial charge < -0.3 is 0 Å².